The molecule has 0 saturated carbocycles. The molecule has 1 amide bonds. The standard InChI is InChI=1S/C14H12ClFN2O2/c1-2-20-11-6-4-3-5-10(11)18-14(19)9-7-8-17-13(15)12(9)16/h3-8H,2H2,1H3,(H,18,19). The molecule has 1 N–H and O–H groups in total. The van der Waals surface area contributed by atoms with Gasteiger partial charge in [-0.1, -0.05) is 23.7 Å². The van der Waals surface area contributed by atoms with Crippen LogP contribution < -0.4 is 10.1 Å². The lowest BCUT2D eigenvalue weighted by Crippen LogP contribution is -2.15. The molecule has 1 heterocycles. The number of rotatable bonds is 4. The van der Waals surface area contributed by atoms with Gasteiger partial charge in [0.15, 0.2) is 11.0 Å². The number of carbonyl (C=O) groups is 1. The van der Waals surface area contributed by atoms with Crippen molar-refractivity contribution in [2.24, 2.45) is 0 Å². The molecular formula is C14H12ClFN2O2. The van der Waals surface area contributed by atoms with E-state index in [1.807, 2.05) is 6.92 Å². The van der Waals surface area contributed by atoms with Crippen LogP contribution in [-0.4, -0.2) is 17.5 Å². The van der Waals surface area contributed by atoms with E-state index in [9.17, 15) is 9.18 Å². The second kappa shape index (κ2) is 6.34. The first-order valence-electron chi connectivity index (χ1n) is 5.96. The van der Waals surface area contributed by atoms with E-state index in [-0.39, 0.29) is 10.7 Å². The molecule has 20 heavy (non-hydrogen) atoms. The number of hydrogen-bond donors (Lipinski definition) is 1. The number of pyridine rings is 1. The van der Waals surface area contributed by atoms with Gasteiger partial charge in [-0.25, -0.2) is 9.37 Å². The summed E-state index contributed by atoms with van der Waals surface area (Å²) in [4.78, 5) is 15.6. The Morgan fingerprint density at radius 1 is 1.40 bits per heavy atom. The Labute approximate surface area is 120 Å². The smallest absolute Gasteiger partial charge is 0.258 e. The van der Waals surface area contributed by atoms with Gasteiger partial charge in [-0.15, -0.1) is 0 Å². The highest BCUT2D eigenvalue weighted by atomic mass is 35.5. The van der Waals surface area contributed by atoms with E-state index in [1.54, 1.807) is 24.3 Å². The van der Waals surface area contributed by atoms with Gasteiger partial charge < -0.3 is 10.1 Å². The number of para-hydroxylation sites is 2. The Balaban J connectivity index is 2.26. The van der Waals surface area contributed by atoms with E-state index < -0.39 is 11.7 Å². The molecule has 1 aromatic heterocycles. The zero-order chi connectivity index (χ0) is 14.5. The average molecular weight is 295 g/mol. The second-order valence-corrected chi connectivity index (χ2v) is 4.20. The van der Waals surface area contributed by atoms with Crippen LogP contribution in [0.15, 0.2) is 36.5 Å². The molecule has 0 aliphatic rings. The van der Waals surface area contributed by atoms with E-state index in [2.05, 4.69) is 10.3 Å². The molecule has 0 spiro atoms. The summed E-state index contributed by atoms with van der Waals surface area (Å²) >= 11 is 5.55. The molecule has 0 saturated heterocycles. The van der Waals surface area contributed by atoms with Crippen molar-refractivity contribution >= 4 is 23.2 Å². The lowest BCUT2D eigenvalue weighted by molar-refractivity contribution is 0.102. The highest BCUT2D eigenvalue weighted by molar-refractivity contribution is 6.30. The number of nitrogens with one attached hydrogen (secondary N) is 1. The molecular weight excluding hydrogens is 283 g/mol. The maximum absolute atomic E-state index is 13.7. The number of carbonyl (C=O) groups excluding carboxylic acids is 1. The molecule has 0 radical (unpaired) electrons. The number of benzene rings is 1. The van der Waals surface area contributed by atoms with E-state index >= 15 is 0 Å². The monoisotopic (exact) mass is 294 g/mol. The minimum Gasteiger partial charge on any atom is -0.492 e. The van der Waals surface area contributed by atoms with Crippen molar-refractivity contribution in [3.63, 3.8) is 0 Å². The molecule has 4 nitrogen and oxygen atoms in total. The zero-order valence-electron chi connectivity index (χ0n) is 10.7. The van der Waals surface area contributed by atoms with Crippen LogP contribution in [0.3, 0.4) is 0 Å². The highest BCUT2D eigenvalue weighted by Gasteiger charge is 2.16. The fraction of sp³-hybridized carbons (Fsp3) is 0.143. The Bertz CT molecular complexity index is 634. The van der Waals surface area contributed by atoms with Gasteiger partial charge in [-0.3, -0.25) is 4.79 Å². The van der Waals surface area contributed by atoms with Crippen molar-refractivity contribution in [1.82, 2.24) is 4.98 Å². The first-order chi connectivity index (χ1) is 9.63. The predicted octanol–water partition coefficient (Wildman–Crippen LogP) is 3.53. The van der Waals surface area contributed by atoms with Gasteiger partial charge in [-0.05, 0) is 25.1 Å². The summed E-state index contributed by atoms with van der Waals surface area (Å²) in [6, 6.07) is 8.18. The van der Waals surface area contributed by atoms with Crippen LogP contribution in [0.2, 0.25) is 5.15 Å². The third-order valence-corrected chi connectivity index (χ3v) is 2.79. The first kappa shape index (κ1) is 14.3. The predicted molar refractivity (Wildman–Crippen MR) is 74.8 cm³/mol. The van der Waals surface area contributed by atoms with Gasteiger partial charge >= 0.3 is 0 Å². The fourth-order valence-electron chi connectivity index (χ4n) is 1.63. The highest BCUT2D eigenvalue weighted by Crippen LogP contribution is 2.25. The summed E-state index contributed by atoms with van der Waals surface area (Å²) < 4.78 is 19.1. The molecule has 0 fully saturated rings. The second-order valence-electron chi connectivity index (χ2n) is 3.85. The van der Waals surface area contributed by atoms with Gasteiger partial charge in [-0.2, -0.15) is 0 Å². The Kier molecular flexibility index (Phi) is 4.53. The Morgan fingerprint density at radius 2 is 2.15 bits per heavy atom. The first-order valence-corrected chi connectivity index (χ1v) is 6.34. The molecule has 0 aliphatic carbocycles. The molecule has 0 bridgehead atoms. The zero-order valence-corrected chi connectivity index (χ0v) is 11.4. The number of anilines is 1. The van der Waals surface area contributed by atoms with Crippen LogP contribution in [0.5, 0.6) is 5.75 Å². The van der Waals surface area contributed by atoms with Crippen molar-refractivity contribution in [2.75, 3.05) is 11.9 Å². The van der Waals surface area contributed by atoms with Crippen molar-refractivity contribution in [2.45, 2.75) is 6.92 Å². The van der Waals surface area contributed by atoms with Gasteiger partial charge in [0.1, 0.15) is 5.75 Å². The Morgan fingerprint density at radius 3 is 2.90 bits per heavy atom. The maximum atomic E-state index is 13.7. The molecule has 1 aromatic carbocycles. The van der Waals surface area contributed by atoms with Gasteiger partial charge in [0.05, 0.1) is 17.9 Å². The number of aromatic nitrogens is 1. The largest absolute Gasteiger partial charge is 0.492 e. The molecule has 0 atom stereocenters. The average Bonchev–Trinajstić information content (AvgIpc) is 2.44. The maximum Gasteiger partial charge on any atom is 0.258 e. The Hall–Kier alpha value is -2.14. The quantitative estimate of drug-likeness (QED) is 0.878. The van der Waals surface area contributed by atoms with Gasteiger partial charge in [0.2, 0.25) is 0 Å². The van der Waals surface area contributed by atoms with Crippen molar-refractivity contribution in [3.05, 3.63) is 53.1 Å². The SMILES string of the molecule is CCOc1ccccc1NC(=O)c1ccnc(Cl)c1F. The molecule has 104 valence electrons. The summed E-state index contributed by atoms with van der Waals surface area (Å²) in [5, 5.41) is 2.25. The number of nitrogens with zero attached hydrogens (tertiary/aromatic N) is 1. The topological polar surface area (TPSA) is 51.2 Å². The van der Waals surface area contributed by atoms with E-state index in [4.69, 9.17) is 16.3 Å². The number of amides is 1. The number of halogens is 2. The van der Waals surface area contributed by atoms with Crippen molar-refractivity contribution < 1.29 is 13.9 Å². The van der Waals surface area contributed by atoms with Crippen molar-refractivity contribution in [3.8, 4) is 5.75 Å². The lowest BCUT2D eigenvalue weighted by atomic mass is 10.2. The third kappa shape index (κ3) is 3.05. The molecule has 0 aliphatic heterocycles. The number of hydrogen-bond acceptors (Lipinski definition) is 3. The summed E-state index contributed by atoms with van der Waals surface area (Å²) in [6.07, 6.45) is 1.27. The molecule has 0 unspecified atom stereocenters. The number of ether oxygens (including phenoxy) is 1. The van der Waals surface area contributed by atoms with Crippen LogP contribution in [0.4, 0.5) is 10.1 Å². The minimum absolute atomic E-state index is 0.170. The van der Waals surface area contributed by atoms with Gasteiger partial charge in [0, 0.05) is 6.20 Å². The minimum atomic E-state index is -0.847. The van der Waals surface area contributed by atoms with E-state index in [1.165, 1.54) is 12.3 Å². The van der Waals surface area contributed by atoms with Crippen LogP contribution in [-0.2, 0) is 0 Å². The van der Waals surface area contributed by atoms with E-state index in [0.29, 0.717) is 18.0 Å². The van der Waals surface area contributed by atoms with Gasteiger partial charge in [0.25, 0.3) is 5.91 Å². The van der Waals surface area contributed by atoms with E-state index in [0.717, 1.165) is 0 Å². The summed E-state index contributed by atoms with van der Waals surface area (Å²) in [5.41, 5.74) is 0.294. The lowest BCUT2D eigenvalue weighted by Gasteiger charge is -2.11. The van der Waals surface area contributed by atoms with Crippen LogP contribution in [0.1, 0.15) is 17.3 Å². The summed E-state index contributed by atoms with van der Waals surface area (Å²) in [7, 11) is 0. The van der Waals surface area contributed by atoms with Crippen LogP contribution in [0, 0.1) is 5.82 Å². The fourth-order valence-corrected chi connectivity index (χ4v) is 1.79. The molecule has 2 rings (SSSR count). The molecule has 6 heteroatoms. The third-order valence-electron chi connectivity index (χ3n) is 2.53. The van der Waals surface area contributed by atoms with Crippen LogP contribution >= 0.6 is 11.6 Å². The molecule has 2 aromatic rings. The normalized spacial score (nSPS) is 10.2. The van der Waals surface area contributed by atoms with Crippen molar-refractivity contribution in [1.29, 1.82) is 0 Å². The summed E-state index contributed by atoms with van der Waals surface area (Å²) in [5.74, 6) is -0.941. The summed E-state index contributed by atoms with van der Waals surface area (Å²) in [6.45, 7) is 2.29. The van der Waals surface area contributed by atoms with Crippen LogP contribution in [0.25, 0.3) is 0 Å².